The van der Waals surface area contributed by atoms with Crippen molar-refractivity contribution >= 4 is 5.97 Å². The SMILES string of the molecule is CCOC(=O)C=C=C1CCCC2CCCCCC12O. The number of carbonyl (C=O) groups is 1. The largest absolute Gasteiger partial charge is 0.462 e. The van der Waals surface area contributed by atoms with Crippen molar-refractivity contribution in [2.24, 2.45) is 5.92 Å². The second-order valence-corrected chi connectivity index (χ2v) is 5.63. The van der Waals surface area contributed by atoms with Gasteiger partial charge in [-0.25, -0.2) is 4.79 Å². The normalized spacial score (nSPS) is 30.8. The van der Waals surface area contributed by atoms with Gasteiger partial charge in [0.15, 0.2) is 0 Å². The van der Waals surface area contributed by atoms with Crippen molar-refractivity contribution < 1.29 is 14.6 Å². The van der Waals surface area contributed by atoms with Gasteiger partial charge in [-0.05, 0) is 44.9 Å². The second kappa shape index (κ2) is 6.40. The number of fused-ring (bicyclic) bond motifs is 1. The zero-order valence-corrected chi connectivity index (χ0v) is 11.8. The number of rotatable bonds is 2. The van der Waals surface area contributed by atoms with Crippen LogP contribution in [-0.4, -0.2) is 23.3 Å². The molecule has 106 valence electrons. The van der Waals surface area contributed by atoms with Crippen LogP contribution < -0.4 is 0 Å². The Morgan fingerprint density at radius 1 is 1.42 bits per heavy atom. The molecule has 1 N–H and O–H groups in total. The second-order valence-electron chi connectivity index (χ2n) is 5.63. The summed E-state index contributed by atoms with van der Waals surface area (Å²) in [6.45, 7) is 2.16. The van der Waals surface area contributed by atoms with E-state index in [1.165, 1.54) is 18.9 Å². The van der Waals surface area contributed by atoms with Crippen LogP contribution in [0.3, 0.4) is 0 Å². The number of hydrogen-bond donors (Lipinski definition) is 1. The number of ether oxygens (including phenoxy) is 1. The first-order valence-electron chi connectivity index (χ1n) is 7.52. The highest BCUT2D eigenvalue weighted by molar-refractivity contribution is 5.81. The van der Waals surface area contributed by atoms with Gasteiger partial charge in [0, 0.05) is 5.57 Å². The fourth-order valence-corrected chi connectivity index (χ4v) is 3.45. The summed E-state index contributed by atoms with van der Waals surface area (Å²) in [6, 6.07) is 0. The summed E-state index contributed by atoms with van der Waals surface area (Å²) >= 11 is 0. The van der Waals surface area contributed by atoms with Crippen molar-refractivity contribution in [2.45, 2.75) is 63.9 Å². The average Bonchev–Trinajstić information content (AvgIpc) is 2.58. The van der Waals surface area contributed by atoms with Crippen molar-refractivity contribution in [3.8, 4) is 0 Å². The standard InChI is InChI=1S/C16H24O3/c1-2-19-15(17)11-10-14-9-6-8-13-7-4-3-5-12-16(13,14)18/h11,13,18H,2-9,12H2,1H3. The lowest BCUT2D eigenvalue weighted by Gasteiger charge is -2.40. The Hall–Kier alpha value is -1.05. The van der Waals surface area contributed by atoms with E-state index in [0.29, 0.717) is 12.5 Å². The van der Waals surface area contributed by atoms with Crippen molar-refractivity contribution in [1.82, 2.24) is 0 Å². The summed E-state index contributed by atoms with van der Waals surface area (Å²) in [5, 5.41) is 11.0. The van der Waals surface area contributed by atoms with Crippen LogP contribution in [0.15, 0.2) is 17.4 Å². The Kier molecular flexibility index (Phi) is 4.84. The van der Waals surface area contributed by atoms with Crippen LogP contribution >= 0.6 is 0 Å². The molecule has 0 aromatic rings. The molecule has 0 aromatic heterocycles. The maximum Gasteiger partial charge on any atom is 0.338 e. The number of carbonyl (C=O) groups excluding carboxylic acids is 1. The minimum atomic E-state index is -0.724. The van der Waals surface area contributed by atoms with Crippen LogP contribution in [0.5, 0.6) is 0 Å². The minimum Gasteiger partial charge on any atom is -0.462 e. The summed E-state index contributed by atoms with van der Waals surface area (Å²) in [5.41, 5.74) is 3.23. The summed E-state index contributed by atoms with van der Waals surface area (Å²) in [6.07, 6.45) is 9.78. The molecule has 2 aliphatic rings. The monoisotopic (exact) mass is 264 g/mol. The third-order valence-electron chi connectivity index (χ3n) is 4.44. The van der Waals surface area contributed by atoms with E-state index in [4.69, 9.17) is 4.74 Å². The van der Waals surface area contributed by atoms with Gasteiger partial charge in [-0.1, -0.05) is 19.3 Å². The van der Waals surface area contributed by atoms with E-state index >= 15 is 0 Å². The lowest BCUT2D eigenvalue weighted by molar-refractivity contribution is -0.137. The van der Waals surface area contributed by atoms with Gasteiger partial charge in [0.2, 0.25) is 0 Å². The van der Waals surface area contributed by atoms with Crippen LogP contribution in [0.4, 0.5) is 0 Å². The Labute approximate surface area is 115 Å². The quantitative estimate of drug-likeness (QED) is 0.473. The Balaban J connectivity index is 2.22. The number of esters is 1. The molecule has 2 atom stereocenters. The van der Waals surface area contributed by atoms with Crippen molar-refractivity contribution in [3.63, 3.8) is 0 Å². The highest BCUT2D eigenvalue weighted by Crippen LogP contribution is 2.45. The molecule has 0 aliphatic heterocycles. The van der Waals surface area contributed by atoms with E-state index in [0.717, 1.165) is 44.1 Å². The van der Waals surface area contributed by atoms with Gasteiger partial charge < -0.3 is 9.84 Å². The lowest BCUT2D eigenvalue weighted by atomic mass is 9.70. The fraction of sp³-hybridized carbons (Fsp3) is 0.750. The minimum absolute atomic E-state index is 0.349. The van der Waals surface area contributed by atoms with Crippen molar-refractivity contribution in [1.29, 1.82) is 0 Å². The topological polar surface area (TPSA) is 46.5 Å². The molecule has 3 nitrogen and oxygen atoms in total. The zero-order valence-electron chi connectivity index (χ0n) is 11.8. The molecule has 0 aromatic carbocycles. The van der Waals surface area contributed by atoms with Crippen LogP contribution in [-0.2, 0) is 9.53 Å². The first-order chi connectivity index (χ1) is 9.16. The van der Waals surface area contributed by atoms with E-state index in [2.05, 4.69) is 5.73 Å². The zero-order chi connectivity index (χ0) is 13.7. The molecule has 2 saturated carbocycles. The molecule has 0 saturated heterocycles. The first kappa shape index (κ1) is 14.4. The summed E-state index contributed by atoms with van der Waals surface area (Å²) in [4.78, 5) is 11.4. The van der Waals surface area contributed by atoms with Gasteiger partial charge in [-0.2, -0.15) is 0 Å². The van der Waals surface area contributed by atoms with Gasteiger partial charge >= 0.3 is 5.97 Å². The summed E-state index contributed by atoms with van der Waals surface area (Å²) in [7, 11) is 0. The molecular weight excluding hydrogens is 240 g/mol. The van der Waals surface area contributed by atoms with E-state index in [1.54, 1.807) is 6.92 Å². The van der Waals surface area contributed by atoms with E-state index in [1.807, 2.05) is 0 Å². The Bertz CT molecular complexity index is 393. The number of aliphatic hydroxyl groups is 1. The van der Waals surface area contributed by atoms with Gasteiger partial charge in [0.1, 0.15) is 0 Å². The summed E-state index contributed by atoms with van der Waals surface area (Å²) in [5.74, 6) is -0.0174. The fourth-order valence-electron chi connectivity index (χ4n) is 3.45. The molecule has 0 bridgehead atoms. The van der Waals surface area contributed by atoms with Crippen LogP contribution in [0.1, 0.15) is 58.3 Å². The van der Waals surface area contributed by atoms with Gasteiger partial charge in [0.25, 0.3) is 0 Å². The smallest absolute Gasteiger partial charge is 0.338 e. The first-order valence-corrected chi connectivity index (χ1v) is 7.52. The lowest BCUT2D eigenvalue weighted by Crippen LogP contribution is -2.41. The highest BCUT2D eigenvalue weighted by Gasteiger charge is 2.42. The molecule has 0 radical (unpaired) electrons. The predicted octanol–water partition coefficient (Wildman–Crippen LogP) is 3.13. The van der Waals surface area contributed by atoms with Crippen LogP contribution in [0.25, 0.3) is 0 Å². The van der Waals surface area contributed by atoms with Crippen molar-refractivity contribution in [3.05, 3.63) is 17.4 Å². The van der Waals surface area contributed by atoms with E-state index in [-0.39, 0.29) is 5.97 Å². The van der Waals surface area contributed by atoms with E-state index < -0.39 is 5.60 Å². The molecule has 2 rings (SSSR count). The van der Waals surface area contributed by atoms with Gasteiger partial charge in [0.05, 0.1) is 18.3 Å². The summed E-state index contributed by atoms with van der Waals surface area (Å²) < 4.78 is 4.87. The average molecular weight is 264 g/mol. The molecule has 2 aliphatic carbocycles. The molecule has 0 amide bonds. The van der Waals surface area contributed by atoms with Gasteiger partial charge in [-0.3, -0.25) is 0 Å². The molecule has 2 unspecified atom stereocenters. The van der Waals surface area contributed by atoms with Gasteiger partial charge in [-0.15, -0.1) is 5.73 Å². The predicted molar refractivity (Wildman–Crippen MR) is 73.6 cm³/mol. The van der Waals surface area contributed by atoms with Crippen LogP contribution in [0, 0.1) is 5.92 Å². The maximum atomic E-state index is 11.4. The molecule has 0 spiro atoms. The Morgan fingerprint density at radius 3 is 3.00 bits per heavy atom. The molecular formula is C16H24O3. The Morgan fingerprint density at radius 2 is 2.21 bits per heavy atom. The molecule has 3 heteroatoms. The maximum absolute atomic E-state index is 11.4. The third-order valence-corrected chi connectivity index (χ3v) is 4.44. The van der Waals surface area contributed by atoms with Crippen molar-refractivity contribution in [2.75, 3.05) is 6.61 Å². The molecule has 0 heterocycles. The van der Waals surface area contributed by atoms with E-state index in [9.17, 15) is 9.90 Å². The van der Waals surface area contributed by atoms with Crippen LogP contribution in [0.2, 0.25) is 0 Å². The number of hydrogen-bond acceptors (Lipinski definition) is 3. The third kappa shape index (κ3) is 3.29. The highest BCUT2D eigenvalue weighted by atomic mass is 16.5. The molecule has 2 fully saturated rings. The molecule has 19 heavy (non-hydrogen) atoms.